The zero-order valence-electron chi connectivity index (χ0n) is 7.82. The normalized spacial score (nSPS) is 28.8. The molecule has 1 saturated carbocycles. The molecule has 0 saturated heterocycles. The standard InChI is InChI=1S/C9H16BBrCl2/c11-7-3-5-8-4-1-2-6-9(8)10(12)13/h8-9H,1-7H2/t8-,9+/m1/s1. The lowest BCUT2D eigenvalue weighted by atomic mass is 9.65. The average molecular weight is 286 g/mol. The second-order valence-electron chi connectivity index (χ2n) is 3.87. The molecule has 0 heterocycles. The van der Waals surface area contributed by atoms with Crippen LogP contribution in [0.4, 0.5) is 0 Å². The molecule has 13 heavy (non-hydrogen) atoms. The van der Waals surface area contributed by atoms with E-state index >= 15 is 0 Å². The predicted octanol–water partition coefficient (Wildman–Crippen LogP) is 4.69. The number of halogens is 3. The van der Waals surface area contributed by atoms with Crippen LogP contribution in [0, 0.1) is 5.92 Å². The topological polar surface area (TPSA) is 0 Å². The lowest BCUT2D eigenvalue weighted by Gasteiger charge is -2.31. The first kappa shape index (κ1) is 12.2. The van der Waals surface area contributed by atoms with Crippen molar-refractivity contribution < 1.29 is 0 Å². The summed E-state index contributed by atoms with van der Waals surface area (Å²) in [6.07, 6.45) is 7.76. The highest BCUT2D eigenvalue weighted by Crippen LogP contribution is 2.41. The van der Waals surface area contributed by atoms with Gasteiger partial charge >= 0.3 is 5.54 Å². The van der Waals surface area contributed by atoms with Crippen LogP contribution in [0.1, 0.15) is 38.5 Å². The summed E-state index contributed by atoms with van der Waals surface area (Å²) in [5.74, 6) is 1.32. The molecule has 0 aromatic heterocycles. The molecule has 4 heteroatoms. The second-order valence-corrected chi connectivity index (χ2v) is 5.83. The summed E-state index contributed by atoms with van der Waals surface area (Å²) >= 11 is 15.4. The molecule has 0 N–H and O–H groups in total. The van der Waals surface area contributed by atoms with E-state index in [0.29, 0.717) is 5.82 Å². The molecule has 0 unspecified atom stereocenters. The molecule has 2 atom stereocenters. The average Bonchev–Trinajstić information content (AvgIpc) is 2.15. The second kappa shape index (κ2) is 6.58. The quantitative estimate of drug-likeness (QED) is 0.519. The van der Waals surface area contributed by atoms with Gasteiger partial charge in [0.05, 0.1) is 0 Å². The minimum atomic E-state index is -0.152. The van der Waals surface area contributed by atoms with Gasteiger partial charge in [-0.05, 0) is 24.6 Å². The Bertz CT molecular complexity index is 144. The van der Waals surface area contributed by atoms with Crippen molar-refractivity contribution in [1.29, 1.82) is 0 Å². The Morgan fingerprint density at radius 1 is 1.23 bits per heavy atom. The van der Waals surface area contributed by atoms with Gasteiger partial charge in [-0.15, -0.1) is 0 Å². The molecule has 1 aliphatic carbocycles. The Labute approximate surface area is 99.8 Å². The van der Waals surface area contributed by atoms with Crippen molar-refractivity contribution in [3.8, 4) is 0 Å². The van der Waals surface area contributed by atoms with Gasteiger partial charge in [0.15, 0.2) is 0 Å². The van der Waals surface area contributed by atoms with Gasteiger partial charge in [0.1, 0.15) is 0 Å². The third-order valence-electron chi connectivity index (χ3n) is 3.00. The highest BCUT2D eigenvalue weighted by atomic mass is 79.9. The number of rotatable bonds is 4. The van der Waals surface area contributed by atoms with Crippen molar-refractivity contribution in [2.75, 3.05) is 5.33 Å². The van der Waals surface area contributed by atoms with Crippen LogP contribution in [0.15, 0.2) is 0 Å². The van der Waals surface area contributed by atoms with Crippen LogP contribution in [0.3, 0.4) is 0 Å². The maximum absolute atomic E-state index is 5.98. The van der Waals surface area contributed by atoms with Crippen LogP contribution < -0.4 is 0 Å². The highest BCUT2D eigenvalue weighted by Gasteiger charge is 2.31. The van der Waals surface area contributed by atoms with Gasteiger partial charge in [0.25, 0.3) is 0 Å². The Hall–Kier alpha value is 1.12. The van der Waals surface area contributed by atoms with Crippen molar-refractivity contribution in [2.45, 2.75) is 44.3 Å². The lowest BCUT2D eigenvalue weighted by molar-refractivity contribution is 0.336. The molecule has 1 rings (SSSR count). The summed E-state index contributed by atoms with van der Waals surface area (Å²) in [5.41, 5.74) is -0.152. The Morgan fingerprint density at radius 3 is 2.54 bits per heavy atom. The summed E-state index contributed by atoms with van der Waals surface area (Å²) in [5, 5.41) is 1.10. The van der Waals surface area contributed by atoms with Crippen molar-refractivity contribution in [3.63, 3.8) is 0 Å². The smallest absolute Gasteiger partial charge is 0.171 e. The highest BCUT2D eigenvalue weighted by molar-refractivity contribution is 9.09. The molecule has 0 bridgehead atoms. The van der Waals surface area contributed by atoms with E-state index in [0.717, 1.165) is 11.2 Å². The van der Waals surface area contributed by atoms with Gasteiger partial charge in [0.2, 0.25) is 0 Å². The molecule has 1 fully saturated rings. The van der Waals surface area contributed by atoms with Gasteiger partial charge in [-0.25, -0.2) is 0 Å². The van der Waals surface area contributed by atoms with Crippen molar-refractivity contribution in [3.05, 3.63) is 0 Å². The van der Waals surface area contributed by atoms with E-state index in [1.165, 1.54) is 38.5 Å². The zero-order chi connectivity index (χ0) is 9.68. The molecule has 0 amide bonds. The first-order chi connectivity index (χ1) is 6.25. The molecule has 0 nitrogen and oxygen atoms in total. The van der Waals surface area contributed by atoms with E-state index in [1.54, 1.807) is 0 Å². The lowest BCUT2D eigenvalue weighted by Crippen LogP contribution is -2.22. The van der Waals surface area contributed by atoms with Crippen molar-refractivity contribution in [2.24, 2.45) is 5.92 Å². The molecular weight excluding hydrogens is 270 g/mol. The summed E-state index contributed by atoms with van der Waals surface area (Å²) in [4.78, 5) is 0. The van der Waals surface area contributed by atoms with Crippen LogP contribution >= 0.6 is 38.9 Å². The molecule has 1 aliphatic rings. The molecule has 76 valence electrons. The summed E-state index contributed by atoms with van der Waals surface area (Å²) in [6.45, 7) is 0. The summed E-state index contributed by atoms with van der Waals surface area (Å²) < 4.78 is 0. The van der Waals surface area contributed by atoms with Gasteiger partial charge < -0.3 is 0 Å². The monoisotopic (exact) mass is 284 g/mol. The third kappa shape index (κ3) is 4.01. The zero-order valence-corrected chi connectivity index (χ0v) is 10.9. The molecule has 0 aliphatic heterocycles. The minimum absolute atomic E-state index is 0.152. The number of hydrogen-bond acceptors (Lipinski definition) is 0. The molecule has 0 aromatic rings. The fourth-order valence-electron chi connectivity index (χ4n) is 2.27. The fourth-order valence-corrected chi connectivity index (χ4v) is 3.25. The fraction of sp³-hybridized carbons (Fsp3) is 1.00. The van der Waals surface area contributed by atoms with Gasteiger partial charge in [0, 0.05) is 5.33 Å². The van der Waals surface area contributed by atoms with Crippen LogP contribution in [0.25, 0.3) is 0 Å². The van der Waals surface area contributed by atoms with Crippen LogP contribution in [-0.4, -0.2) is 10.9 Å². The van der Waals surface area contributed by atoms with E-state index < -0.39 is 0 Å². The summed E-state index contributed by atoms with van der Waals surface area (Å²) in [7, 11) is 0. The van der Waals surface area contributed by atoms with E-state index in [4.69, 9.17) is 22.9 Å². The first-order valence-electron chi connectivity index (χ1n) is 5.10. The largest absolute Gasteiger partial charge is 0.354 e. The van der Waals surface area contributed by atoms with Gasteiger partial charge in [-0.1, -0.05) is 41.6 Å². The Balaban J connectivity index is 2.37. The minimum Gasteiger partial charge on any atom is -0.171 e. The molecular formula is C9H16BBrCl2. The molecule has 0 aromatic carbocycles. The Morgan fingerprint density at radius 2 is 1.92 bits per heavy atom. The van der Waals surface area contributed by atoms with Crippen molar-refractivity contribution in [1.82, 2.24) is 0 Å². The van der Waals surface area contributed by atoms with Crippen LogP contribution in [0.2, 0.25) is 5.82 Å². The van der Waals surface area contributed by atoms with E-state index in [1.807, 2.05) is 0 Å². The van der Waals surface area contributed by atoms with E-state index in [9.17, 15) is 0 Å². The van der Waals surface area contributed by atoms with Crippen LogP contribution in [-0.2, 0) is 0 Å². The Kier molecular flexibility index (Phi) is 6.17. The van der Waals surface area contributed by atoms with Gasteiger partial charge in [-0.3, -0.25) is 0 Å². The molecule has 0 spiro atoms. The predicted molar refractivity (Wildman–Crippen MR) is 66.2 cm³/mol. The number of hydrogen-bond donors (Lipinski definition) is 0. The van der Waals surface area contributed by atoms with Crippen LogP contribution in [0.5, 0.6) is 0 Å². The SMILES string of the molecule is ClB(Cl)[C@H]1CCCC[C@@H]1CCCBr. The molecule has 0 radical (unpaired) electrons. The number of alkyl halides is 1. The maximum atomic E-state index is 5.98. The third-order valence-corrected chi connectivity index (χ3v) is 4.21. The van der Waals surface area contributed by atoms with E-state index in [2.05, 4.69) is 15.9 Å². The van der Waals surface area contributed by atoms with E-state index in [-0.39, 0.29) is 5.54 Å². The summed E-state index contributed by atoms with van der Waals surface area (Å²) in [6, 6.07) is 0. The first-order valence-corrected chi connectivity index (χ1v) is 7.09. The van der Waals surface area contributed by atoms with Crippen molar-refractivity contribution >= 4 is 44.4 Å². The van der Waals surface area contributed by atoms with Gasteiger partial charge in [-0.2, -0.15) is 22.9 Å². The maximum Gasteiger partial charge on any atom is 0.354 e.